The average molecular weight is 264 g/mol. The van der Waals surface area contributed by atoms with Gasteiger partial charge in [-0.3, -0.25) is 0 Å². The van der Waals surface area contributed by atoms with E-state index in [1.54, 1.807) is 0 Å². The van der Waals surface area contributed by atoms with Crippen molar-refractivity contribution in [3.05, 3.63) is 12.7 Å². The van der Waals surface area contributed by atoms with Crippen molar-refractivity contribution in [2.45, 2.75) is 82.8 Å². The van der Waals surface area contributed by atoms with E-state index in [0.29, 0.717) is 0 Å². The van der Waals surface area contributed by atoms with Crippen LogP contribution in [0.15, 0.2) is 12.7 Å². The third kappa shape index (κ3) is 4.61. The van der Waals surface area contributed by atoms with Crippen LogP contribution in [0.5, 0.6) is 0 Å². The van der Waals surface area contributed by atoms with E-state index < -0.39 is 0 Å². The fourth-order valence-corrected chi connectivity index (χ4v) is 3.87. The lowest BCUT2D eigenvalue weighted by molar-refractivity contribution is 0.138. The number of hydrogen-bond acceptors (Lipinski definition) is 2. The first-order valence-corrected chi connectivity index (χ1v) is 8.44. The van der Waals surface area contributed by atoms with Gasteiger partial charge in [-0.25, -0.2) is 0 Å². The van der Waals surface area contributed by atoms with Crippen LogP contribution >= 0.6 is 0 Å². The Kier molecular flexibility index (Phi) is 6.39. The molecule has 2 bridgehead atoms. The van der Waals surface area contributed by atoms with E-state index in [-0.39, 0.29) is 0 Å². The number of unbranched alkanes of at least 4 members (excludes halogenated alkanes) is 3. The summed E-state index contributed by atoms with van der Waals surface area (Å²) in [7, 11) is 0. The number of rotatable bonds is 9. The zero-order chi connectivity index (χ0) is 13.5. The summed E-state index contributed by atoms with van der Waals surface area (Å²) in [6, 6.07) is 2.51. The van der Waals surface area contributed by atoms with Crippen LogP contribution in [0.25, 0.3) is 0 Å². The van der Waals surface area contributed by atoms with E-state index in [1.807, 2.05) is 6.08 Å². The molecule has 0 saturated carbocycles. The first kappa shape index (κ1) is 15.1. The molecule has 110 valence electrons. The first-order chi connectivity index (χ1) is 9.33. The fraction of sp³-hybridized carbons (Fsp3) is 0.882. The molecule has 2 fully saturated rings. The second-order valence-electron chi connectivity index (χ2n) is 6.44. The Morgan fingerprint density at radius 3 is 2.47 bits per heavy atom. The van der Waals surface area contributed by atoms with Crippen LogP contribution in [-0.4, -0.2) is 36.1 Å². The predicted molar refractivity (Wildman–Crippen MR) is 83.5 cm³/mol. The molecule has 2 aliphatic heterocycles. The minimum Gasteiger partial charge on any atom is -0.311 e. The SMILES string of the molecule is C=CCCCCCN(CCC)C1CC2CCC(C1)N2. The molecule has 2 rings (SSSR count). The summed E-state index contributed by atoms with van der Waals surface area (Å²) in [6.07, 6.45) is 14.2. The molecule has 0 aliphatic carbocycles. The Morgan fingerprint density at radius 1 is 1.11 bits per heavy atom. The first-order valence-electron chi connectivity index (χ1n) is 8.44. The largest absolute Gasteiger partial charge is 0.311 e. The number of hydrogen-bond donors (Lipinski definition) is 1. The lowest BCUT2D eigenvalue weighted by Gasteiger charge is -2.37. The van der Waals surface area contributed by atoms with Crippen molar-refractivity contribution in [3.63, 3.8) is 0 Å². The van der Waals surface area contributed by atoms with Crippen LogP contribution in [0.4, 0.5) is 0 Å². The monoisotopic (exact) mass is 264 g/mol. The van der Waals surface area contributed by atoms with Crippen molar-refractivity contribution in [1.82, 2.24) is 10.2 Å². The average Bonchev–Trinajstić information content (AvgIpc) is 2.76. The van der Waals surface area contributed by atoms with E-state index in [0.717, 1.165) is 18.1 Å². The van der Waals surface area contributed by atoms with Gasteiger partial charge in [0.1, 0.15) is 0 Å². The highest BCUT2D eigenvalue weighted by molar-refractivity contribution is 4.95. The standard InChI is InChI=1S/C17H32N2/c1-3-5-6-7-8-12-19(11-4-2)17-13-15-9-10-16(14-17)18-15/h3,15-18H,1,4-14H2,2H3. The Hall–Kier alpha value is -0.340. The highest BCUT2D eigenvalue weighted by Crippen LogP contribution is 2.30. The lowest BCUT2D eigenvalue weighted by Crippen LogP contribution is -2.48. The normalized spacial score (nSPS) is 29.9. The predicted octanol–water partition coefficient (Wildman–Crippen LogP) is 3.73. The summed E-state index contributed by atoms with van der Waals surface area (Å²) in [5, 5.41) is 3.76. The van der Waals surface area contributed by atoms with Crippen molar-refractivity contribution in [1.29, 1.82) is 0 Å². The number of nitrogens with one attached hydrogen (secondary N) is 1. The molecule has 2 atom stereocenters. The van der Waals surface area contributed by atoms with Gasteiger partial charge in [0.05, 0.1) is 0 Å². The molecule has 2 heterocycles. The second-order valence-corrected chi connectivity index (χ2v) is 6.44. The maximum absolute atomic E-state index is 3.80. The van der Waals surface area contributed by atoms with Gasteiger partial charge in [0.2, 0.25) is 0 Å². The molecule has 0 radical (unpaired) electrons. The van der Waals surface area contributed by atoms with Crippen LogP contribution in [0.1, 0.15) is 64.7 Å². The number of piperidine rings is 1. The van der Waals surface area contributed by atoms with Gasteiger partial charge >= 0.3 is 0 Å². The molecule has 0 aromatic rings. The molecule has 0 aromatic carbocycles. The number of nitrogens with zero attached hydrogens (tertiary/aromatic N) is 1. The highest BCUT2D eigenvalue weighted by atomic mass is 15.2. The lowest BCUT2D eigenvalue weighted by atomic mass is 9.97. The van der Waals surface area contributed by atoms with Gasteiger partial charge in [-0.2, -0.15) is 0 Å². The molecule has 2 nitrogen and oxygen atoms in total. The molecule has 0 aromatic heterocycles. The number of allylic oxidation sites excluding steroid dienone is 1. The summed E-state index contributed by atoms with van der Waals surface area (Å²) in [5.41, 5.74) is 0. The third-order valence-corrected chi connectivity index (χ3v) is 4.83. The van der Waals surface area contributed by atoms with Crippen molar-refractivity contribution < 1.29 is 0 Å². The van der Waals surface area contributed by atoms with Crippen molar-refractivity contribution in [3.8, 4) is 0 Å². The van der Waals surface area contributed by atoms with E-state index >= 15 is 0 Å². The number of fused-ring (bicyclic) bond motifs is 2. The zero-order valence-corrected chi connectivity index (χ0v) is 12.7. The van der Waals surface area contributed by atoms with Gasteiger partial charge in [-0.1, -0.05) is 19.4 Å². The molecule has 2 heteroatoms. The maximum atomic E-state index is 3.80. The van der Waals surface area contributed by atoms with E-state index in [1.165, 1.54) is 70.9 Å². The minimum absolute atomic E-state index is 0.823. The summed E-state index contributed by atoms with van der Waals surface area (Å²) in [4.78, 5) is 2.79. The second kappa shape index (κ2) is 8.06. The quantitative estimate of drug-likeness (QED) is 0.504. The molecule has 2 saturated heterocycles. The van der Waals surface area contributed by atoms with Gasteiger partial charge < -0.3 is 10.2 Å². The molecule has 0 spiro atoms. The van der Waals surface area contributed by atoms with Crippen LogP contribution in [-0.2, 0) is 0 Å². The summed E-state index contributed by atoms with van der Waals surface area (Å²) in [5.74, 6) is 0. The molecule has 1 N–H and O–H groups in total. The van der Waals surface area contributed by atoms with Gasteiger partial charge in [-0.15, -0.1) is 6.58 Å². The topological polar surface area (TPSA) is 15.3 Å². The van der Waals surface area contributed by atoms with Crippen LogP contribution in [0, 0.1) is 0 Å². The van der Waals surface area contributed by atoms with Crippen LogP contribution in [0.3, 0.4) is 0 Å². The molecular formula is C17H32N2. The van der Waals surface area contributed by atoms with Crippen LogP contribution < -0.4 is 5.32 Å². The fourth-order valence-electron chi connectivity index (χ4n) is 3.87. The van der Waals surface area contributed by atoms with Gasteiger partial charge in [0.15, 0.2) is 0 Å². The molecular weight excluding hydrogens is 232 g/mol. The Bertz CT molecular complexity index is 252. The maximum Gasteiger partial charge on any atom is 0.0125 e. The molecule has 2 aliphatic rings. The Labute approximate surface area is 119 Å². The molecule has 2 unspecified atom stereocenters. The zero-order valence-electron chi connectivity index (χ0n) is 12.7. The Morgan fingerprint density at radius 2 is 1.84 bits per heavy atom. The van der Waals surface area contributed by atoms with E-state index in [9.17, 15) is 0 Å². The van der Waals surface area contributed by atoms with Gasteiger partial charge in [0, 0.05) is 18.1 Å². The molecule has 19 heavy (non-hydrogen) atoms. The van der Waals surface area contributed by atoms with E-state index in [4.69, 9.17) is 0 Å². The molecule has 0 amide bonds. The minimum atomic E-state index is 0.823. The Balaban J connectivity index is 1.73. The summed E-state index contributed by atoms with van der Waals surface area (Å²) >= 11 is 0. The van der Waals surface area contributed by atoms with Gasteiger partial charge in [-0.05, 0) is 64.5 Å². The third-order valence-electron chi connectivity index (χ3n) is 4.83. The van der Waals surface area contributed by atoms with Crippen molar-refractivity contribution in [2.24, 2.45) is 0 Å². The smallest absolute Gasteiger partial charge is 0.0125 e. The van der Waals surface area contributed by atoms with Crippen molar-refractivity contribution >= 4 is 0 Å². The summed E-state index contributed by atoms with van der Waals surface area (Å²) < 4.78 is 0. The van der Waals surface area contributed by atoms with Crippen molar-refractivity contribution in [2.75, 3.05) is 13.1 Å². The van der Waals surface area contributed by atoms with Gasteiger partial charge in [0.25, 0.3) is 0 Å². The summed E-state index contributed by atoms with van der Waals surface area (Å²) in [6.45, 7) is 8.73. The van der Waals surface area contributed by atoms with E-state index in [2.05, 4.69) is 23.7 Å². The highest BCUT2D eigenvalue weighted by Gasteiger charge is 2.35. The van der Waals surface area contributed by atoms with Crippen LogP contribution in [0.2, 0.25) is 0 Å².